The van der Waals surface area contributed by atoms with Gasteiger partial charge >= 0.3 is 0 Å². The lowest BCUT2D eigenvalue weighted by Gasteiger charge is -2.14. The van der Waals surface area contributed by atoms with Crippen molar-refractivity contribution in [2.75, 3.05) is 18.8 Å². The van der Waals surface area contributed by atoms with E-state index in [1.165, 1.54) is 12.1 Å². The van der Waals surface area contributed by atoms with Gasteiger partial charge < -0.3 is 17.2 Å². The Labute approximate surface area is 175 Å². The molecule has 0 bridgehead atoms. The molecule has 0 aromatic heterocycles. The van der Waals surface area contributed by atoms with Crippen molar-refractivity contribution < 1.29 is 13.2 Å². The molecule has 3 rings (SSSR count). The molecule has 0 radical (unpaired) electrons. The SMILES string of the molecule is NCCNNS(=O)(=O)c1ccc(-c2cc(-c3ccccc3)cc(C(N)=O)c2N)cc1. The number of nitrogen functional groups attached to an aromatic ring is 1. The Kier molecular flexibility index (Phi) is 6.48. The minimum Gasteiger partial charge on any atom is -0.398 e. The van der Waals surface area contributed by atoms with Crippen molar-refractivity contribution >= 4 is 21.6 Å². The van der Waals surface area contributed by atoms with Crippen LogP contribution in [0.5, 0.6) is 0 Å². The number of primary amides is 1. The smallest absolute Gasteiger partial charge is 0.253 e. The Hall–Kier alpha value is -3.24. The highest BCUT2D eigenvalue weighted by Crippen LogP contribution is 2.34. The topological polar surface area (TPSA) is 153 Å². The molecule has 3 aromatic carbocycles. The first-order valence-corrected chi connectivity index (χ1v) is 10.7. The molecular formula is C21H23N5O3S. The van der Waals surface area contributed by atoms with E-state index in [-0.39, 0.29) is 16.1 Å². The molecule has 0 spiro atoms. The zero-order valence-corrected chi connectivity index (χ0v) is 16.9. The van der Waals surface area contributed by atoms with E-state index >= 15 is 0 Å². The average Bonchev–Trinajstić information content (AvgIpc) is 2.74. The number of sulfonamides is 1. The fourth-order valence-corrected chi connectivity index (χ4v) is 3.89. The van der Waals surface area contributed by atoms with Crippen molar-refractivity contribution in [1.82, 2.24) is 10.3 Å². The van der Waals surface area contributed by atoms with Crippen molar-refractivity contribution in [3.05, 3.63) is 72.3 Å². The quantitative estimate of drug-likeness (QED) is 0.209. The van der Waals surface area contributed by atoms with Gasteiger partial charge in [-0.3, -0.25) is 4.79 Å². The predicted octanol–water partition coefficient (Wildman–Crippen LogP) is 1.44. The number of nitrogens with one attached hydrogen (secondary N) is 2. The van der Waals surface area contributed by atoms with Crippen LogP contribution >= 0.6 is 0 Å². The Bertz CT molecular complexity index is 1150. The zero-order valence-electron chi connectivity index (χ0n) is 16.1. The van der Waals surface area contributed by atoms with E-state index < -0.39 is 15.9 Å². The molecule has 30 heavy (non-hydrogen) atoms. The van der Waals surface area contributed by atoms with Gasteiger partial charge in [0.1, 0.15) is 0 Å². The fraction of sp³-hybridized carbons (Fsp3) is 0.0952. The maximum absolute atomic E-state index is 12.3. The molecule has 1 amide bonds. The number of hydrogen-bond donors (Lipinski definition) is 5. The normalized spacial score (nSPS) is 11.4. The van der Waals surface area contributed by atoms with Gasteiger partial charge in [0.05, 0.1) is 16.1 Å². The van der Waals surface area contributed by atoms with Crippen LogP contribution in [0.1, 0.15) is 10.4 Å². The second-order valence-corrected chi connectivity index (χ2v) is 8.24. The number of carbonyl (C=O) groups excluding carboxylic acids is 1. The maximum Gasteiger partial charge on any atom is 0.253 e. The van der Waals surface area contributed by atoms with Gasteiger partial charge in [0.25, 0.3) is 15.9 Å². The minimum absolute atomic E-state index is 0.0729. The monoisotopic (exact) mass is 425 g/mol. The van der Waals surface area contributed by atoms with Gasteiger partial charge in [-0.05, 0) is 41.0 Å². The molecule has 3 aromatic rings. The van der Waals surface area contributed by atoms with Crippen LogP contribution in [-0.4, -0.2) is 27.4 Å². The van der Waals surface area contributed by atoms with Crippen molar-refractivity contribution in [3.8, 4) is 22.3 Å². The molecule has 0 unspecified atom stereocenters. The summed E-state index contributed by atoms with van der Waals surface area (Å²) in [6.07, 6.45) is 0. The Morgan fingerprint density at radius 3 is 2.17 bits per heavy atom. The molecule has 156 valence electrons. The summed E-state index contributed by atoms with van der Waals surface area (Å²) in [4.78, 5) is 14.3. The molecule has 0 aliphatic heterocycles. The van der Waals surface area contributed by atoms with E-state index in [1.54, 1.807) is 18.2 Å². The number of hydrogen-bond acceptors (Lipinski definition) is 6. The number of carbonyl (C=O) groups is 1. The third kappa shape index (κ3) is 4.66. The van der Waals surface area contributed by atoms with Crippen LogP contribution < -0.4 is 27.5 Å². The van der Waals surface area contributed by atoms with Crippen LogP contribution in [0.2, 0.25) is 0 Å². The molecule has 0 heterocycles. The molecule has 8 N–H and O–H groups in total. The van der Waals surface area contributed by atoms with Crippen molar-refractivity contribution in [2.45, 2.75) is 4.90 Å². The third-order valence-corrected chi connectivity index (χ3v) is 5.81. The number of rotatable bonds is 8. The Morgan fingerprint density at radius 1 is 0.900 bits per heavy atom. The van der Waals surface area contributed by atoms with Crippen molar-refractivity contribution in [3.63, 3.8) is 0 Å². The number of anilines is 1. The summed E-state index contributed by atoms with van der Waals surface area (Å²) in [5.74, 6) is -0.638. The van der Waals surface area contributed by atoms with E-state index in [0.29, 0.717) is 24.2 Å². The standard InChI is InChI=1S/C21H23N5O3S/c22-10-11-25-26-30(28,29)17-8-6-15(7-9-17)18-12-16(14-4-2-1-3-5-14)13-19(20(18)23)21(24)27/h1-9,12-13,25-26H,10-11,22-23H2,(H2,24,27). The molecule has 9 heteroatoms. The number of benzene rings is 3. The first-order valence-electron chi connectivity index (χ1n) is 9.17. The highest BCUT2D eigenvalue weighted by atomic mass is 32.2. The lowest BCUT2D eigenvalue weighted by Crippen LogP contribution is -2.40. The summed E-state index contributed by atoms with van der Waals surface area (Å²) in [5, 5.41) is 0. The predicted molar refractivity (Wildman–Crippen MR) is 118 cm³/mol. The molecular weight excluding hydrogens is 402 g/mol. The van der Waals surface area contributed by atoms with Gasteiger partial charge in [-0.2, -0.15) is 0 Å². The van der Waals surface area contributed by atoms with E-state index in [4.69, 9.17) is 17.2 Å². The van der Waals surface area contributed by atoms with Gasteiger partial charge in [-0.25, -0.2) is 13.8 Å². The summed E-state index contributed by atoms with van der Waals surface area (Å²) in [7, 11) is -3.74. The Morgan fingerprint density at radius 2 is 1.57 bits per heavy atom. The van der Waals surface area contributed by atoms with Gasteiger partial charge in [-0.15, -0.1) is 4.83 Å². The van der Waals surface area contributed by atoms with E-state index in [9.17, 15) is 13.2 Å². The van der Waals surface area contributed by atoms with Crippen LogP contribution in [0.25, 0.3) is 22.3 Å². The lowest BCUT2D eigenvalue weighted by molar-refractivity contribution is 0.100. The van der Waals surface area contributed by atoms with Crippen molar-refractivity contribution in [1.29, 1.82) is 0 Å². The fourth-order valence-electron chi connectivity index (χ4n) is 2.98. The van der Waals surface area contributed by atoms with Gasteiger partial charge in [-0.1, -0.05) is 42.5 Å². The molecule has 0 atom stereocenters. The second kappa shape index (κ2) is 9.06. The highest BCUT2D eigenvalue weighted by molar-refractivity contribution is 7.89. The van der Waals surface area contributed by atoms with Crippen LogP contribution in [-0.2, 0) is 10.0 Å². The summed E-state index contributed by atoms with van der Waals surface area (Å²) in [6.45, 7) is 0.594. The van der Waals surface area contributed by atoms with Crippen LogP contribution in [0.15, 0.2) is 71.6 Å². The molecule has 0 aliphatic rings. The van der Waals surface area contributed by atoms with E-state index in [1.807, 2.05) is 36.4 Å². The molecule has 0 saturated heterocycles. The lowest BCUT2D eigenvalue weighted by atomic mass is 9.94. The molecule has 0 aliphatic carbocycles. The van der Waals surface area contributed by atoms with Gasteiger partial charge in [0.15, 0.2) is 0 Å². The van der Waals surface area contributed by atoms with E-state index in [0.717, 1.165) is 11.1 Å². The number of amides is 1. The number of nitrogens with two attached hydrogens (primary N) is 3. The minimum atomic E-state index is -3.74. The molecule has 0 saturated carbocycles. The first kappa shape index (κ1) is 21.5. The summed E-state index contributed by atoms with van der Waals surface area (Å²) >= 11 is 0. The summed E-state index contributed by atoms with van der Waals surface area (Å²) in [5.41, 5.74) is 23.0. The summed E-state index contributed by atoms with van der Waals surface area (Å²) in [6, 6.07) is 19.2. The molecule has 8 nitrogen and oxygen atoms in total. The van der Waals surface area contributed by atoms with Crippen LogP contribution in [0, 0.1) is 0 Å². The highest BCUT2D eigenvalue weighted by Gasteiger charge is 2.17. The maximum atomic E-state index is 12.3. The largest absolute Gasteiger partial charge is 0.398 e. The average molecular weight is 426 g/mol. The first-order chi connectivity index (χ1) is 14.3. The Balaban J connectivity index is 2.03. The van der Waals surface area contributed by atoms with Gasteiger partial charge in [0, 0.05) is 18.7 Å². The second-order valence-electron chi connectivity index (χ2n) is 6.56. The molecule has 0 fully saturated rings. The zero-order chi connectivity index (χ0) is 21.7. The third-order valence-electron chi connectivity index (χ3n) is 4.50. The van der Waals surface area contributed by atoms with Crippen LogP contribution in [0.3, 0.4) is 0 Å². The van der Waals surface area contributed by atoms with Crippen LogP contribution in [0.4, 0.5) is 5.69 Å². The van der Waals surface area contributed by atoms with E-state index in [2.05, 4.69) is 10.3 Å². The summed E-state index contributed by atoms with van der Waals surface area (Å²) < 4.78 is 24.6. The van der Waals surface area contributed by atoms with Gasteiger partial charge in [0.2, 0.25) is 0 Å². The van der Waals surface area contributed by atoms with Crippen molar-refractivity contribution in [2.24, 2.45) is 11.5 Å². The number of hydrazine groups is 1.